The molecule has 0 aliphatic heterocycles. The first-order chi connectivity index (χ1) is 8.65. The third-order valence-corrected chi connectivity index (χ3v) is 4.20. The first kappa shape index (κ1) is 12.8. The molecule has 94 valence electrons. The molecule has 0 saturated heterocycles. The monoisotopic (exact) mass is 261 g/mol. The molecule has 3 nitrogen and oxygen atoms in total. The summed E-state index contributed by atoms with van der Waals surface area (Å²) in [5.74, 6) is 0. The summed E-state index contributed by atoms with van der Waals surface area (Å²) in [6, 6.07) is 12.7. The molecule has 0 aliphatic carbocycles. The van der Waals surface area contributed by atoms with Crippen molar-refractivity contribution in [2.45, 2.75) is 11.3 Å². The summed E-state index contributed by atoms with van der Waals surface area (Å²) in [5, 5.41) is 1.66. The maximum Gasteiger partial charge on any atom is 0.241 e. The molecule has 0 aromatic heterocycles. The van der Waals surface area contributed by atoms with Gasteiger partial charge in [0.05, 0.1) is 4.90 Å². The lowest BCUT2D eigenvalue weighted by Crippen LogP contribution is -2.24. The predicted octanol–water partition coefficient (Wildman–Crippen LogP) is 2.69. The Labute approximate surface area is 107 Å². The minimum absolute atomic E-state index is 0.324. The van der Waals surface area contributed by atoms with E-state index in [1.54, 1.807) is 18.2 Å². The van der Waals surface area contributed by atoms with Crippen LogP contribution in [0, 0.1) is 0 Å². The molecule has 1 N–H and O–H groups in total. The molecule has 18 heavy (non-hydrogen) atoms. The summed E-state index contributed by atoms with van der Waals surface area (Å²) in [4.78, 5) is 0.324. The van der Waals surface area contributed by atoms with Crippen molar-refractivity contribution in [2.75, 3.05) is 6.54 Å². The van der Waals surface area contributed by atoms with Crippen molar-refractivity contribution in [2.24, 2.45) is 0 Å². The average molecular weight is 261 g/mol. The molecule has 0 bridgehead atoms. The molecule has 0 saturated carbocycles. The Morgan fingerprint density at radius 3 is 2.61 bits per heavy atom. The number of benzene rings is 2. The Balaban J connectivity index is 2.44. The van der Waals surface area contributed by atoms with Crippen LogP contribution in [0.2, 0.25) is 0 Å². The second kappa shape index (κ2) is 5.33. The first-order valence-electron chi connectivity index (χ1n) is 5.73. The molecule has 0 fully saturated rings. The number of hydrogen-bond acceptors (Lipinski definition) is 2. The van der Waals surface area contributed by atoms with E-state index in [9.17, 15) is 8.42 Å². The zero-order valence-corrected chi connectivity index (χ0v) is 10.8. The van der Waals surface area contributed by atoms with Gasteiger partial charge in [-0.15, -0.1) is 6.58 Å². The van der Waals surface area contributed by atoms with Gasteiger partial charge in [0.1, 0.15) is 0 Å². The second-order valence-electron chi connectivity index (χ2n) is 3.95. The van der Waals surface area contributed by atoms with Crippen LogP contribution >= 0.6 is 0 Å². The Kier molecular flexibility index (Phi) is 3.79. The zero-order chi connectivity index (χ0) is 13.0. The van der Waals surface area contributed by atoms with Gasteiger partial charge in [0, 0.05) is 11.9 Å². The van der Waals surface area contributed by atoms with Gasteiger partial charge in [-0.05, 0) is 17.9 Å². The Morgan fingerprint density at radius 2 is 1.83 bits per heavy atom. The van der Waals surface area contributed by atoms with Gasteiger partial charge >= 0.3 is 0 Å². The molecule has 0 radical (unpaired) electrons. The third-order valence-electron chi connectivity index (χ3n) is 2.68. The normalized spacial score (nSPS) is 11.6. The fraction of sp³-hybridized carbons (Fsp3) is 0.143. The van der Waals surface area contributed by atoms with Gasteiger partial charge in [0.2, 0.25) is 10.0 Å². The van der Waals surface area contributed by atoms with Crippen molar-refractivity contribution < 1.29 is 8.42 Å². The number of sulfonamides is 1. The molecular weight excluding hydrogens is 246 g/mol. The maximum absolute atomic E-state index is 12.2. The van der Waals surface area contributed by atoms with Crippen molar-refractivity contribution in [3.63, 3.8) is 0 Å². The standard InChI is InChI=1S/C14H15NO2S/c1-2-3-11-15-18(16,17)14-10-6-8-12-7-4-5-9-13(12)14/h2,4-10,15H,1,3,11H2. The molecular formula is C14H15NO2S. The minimum atomic E-state index is -3.46. The molecule has 0 aliphatic rings. The second-order valence-corrected chi connectivity index (χ2v) is 5.69. The molecule has 0 heterocycles. The number of rotatable bonds is 5. The van der Waals surface area contributed by atoms with E-state index in [4.69, 9.17) is 0 Å². The molecule has 0 atom stereocenters. The smallest absolute Gasteiger partial charge is 0.211 e. The van der Waals surface area contributed by atoms with Crippen LogP contribution in [-0.2, 0) is 10.0 Å². The van der Waals surface area contributed by atoms with Crippen molar-refractivity contribution in [3.05, 3.63) is 55.1 Å². The first-order valence-corrected chi connectivity index (χ1v) is 7.22. The van der Waals surface area contributed by atoms with Gasteiger partial charge in [0.25, 0.3) is 0 Å². The van der Waals surface area contributed by atoms with Crippen LogP contribution in [-0.4, -0.2) is 15.0 Å². The lowest BCUT2D eigenvalue weighted by atomic mass is 10.1. The summed E-state index contributed by atoms with van der Waals surface area (Å²) < 4.78 is 26.9. The summed E-state index contributed by atoms with van der Waals surface area (Å²) in [6.07, 6.45) is 2.30. The molecule has 4 heteroatoms. The van der Waals surface area contributed by atoms with Gasteiger partial charge < -0.3 is 0 Å². The summed E-state index contributed by atoms with van der Waals surface area (Å²) in [6.45, 7) is 3.94. The Bertz CT molecular complexity index is 657. The highest BCUT2D eigenvalue weighted by Crippen LogP contribution is 2.22. The molecule has 0 amide bonds. The van der Waals surface area contributed by atoms with E-state index in [0.29, 0.717) is 17.9 Å². The Morgan fingerprint density at radius 1 is 1.11 bits per heavy atom. The predicted molar refractivity (Wildman–Crippen MR) is 74.0 cm³/mol. The highest BCUT2D eigenvalue weighted by atomic mass is 32.2. The zero-order valence-electron chi connectivity index (χ0n) is 9.96. The maximum atomic E-state index is 12.2. The lowest BCUT2D eigenvalue weighted by Gasteiger charge is -2.08. The van der Waals surface area contributed by atoms with E-state index in [2.05, 4.69) is 11.3 Å². The van der Waals surface area contributed by atoms with E-state index in [-0.39, 0.29) is 0 Å². The largest absolute Gasteiger partial charge is 0.241 e. The van der Waals surface area contributed by atoms with E-state index < -0.39 is 10.0 Å². The summed E-state index contributed by atoms with van der Waals surface area (Å²) in [5.41, 5.74) is 0. The van der Waals surface area contributed by atoms with Gasteiger partial charge in [-0.3, -0.25) is 0 Å². The molecule has 2 aromatic carbocycles. The fourth-order valence-electron chi connectivity index (χ4n) is 1.80. The van der Waals surface area contributed by atoms with Crippen LogP contribution in [0.4, 0.5) is 0 Å². The quantitative estimate of drug-likeness (QED) is 0.664. The minimum Gasteiger partial charge on any atom is -0.211 e. The lowest BCUT2D eigenvalue weighted by molar-refractivity contribution is 0.583. The van der Waals surface area contributed by atoms with Crippen molar-refractivity contribution in [1.82, 2.24) is 4.72 Å². The van der Waals surface area contributed by atoms with Gasteiger partial charge in [-0.2, -0.15) is 0 Å². The Hall–Kier alpha value is -1.65. The highest BCUT2D eigenvalue weighted by molar-refractivity contribution is 7.89. The summed E-state index contributed by atoms with van der Waals surface area (Å²) in [7, 11) is -3.46. The van der Waals surface area contributed by atoms with Crippen LogP contribution < -0.4 is 4.72 Å². The number of nitrogens with one attached hydrogen (secondary N) is 1. The fourth-order valence-corrected chi connectivity index (χ4v) is 3.08. The SMILES string of the molecule is C=CCCNS(=O)(=O)c1cccc2ccccc12. The van der Waals surface area contributed by atoms with E-state index in [1.807, 2.05) is 30.3 Å². The molecule has 2 rings (SSSR count). The van der Waals surface area contributed by atoms with Crippen LogP contribution in [0.25, 0.3) is 10.8 Å². The van der Waals surface area contributed by atoms with E-state index >= 15 is 0 Å². The van der Waals surface area contributed by atoms with Crippen LogP contribution in [0.3, 0.4) is 0 Å². The van der Waals surface area contributed by atoms with Gasteiger partial charge in [-0.25, -0.2) is 13.1 Å². The van der Waals surface area contributed by atoms with Crippen molar-refractivity contribution >= 4 is 20.8 Å². The molecule has 0 spiro atoms. The third kappa shape index (κ3) is 2.60. The van der Waals surface area contributed by atoms with Gasteiger partial charge in [-0.1, -0.05) is 42.5 Å². The highest BCUT2D eigenvalue weighted by Gasteiger charge is 2.15. The van der Waals surface area contributed by atoms with Crippen LogP contribution in [0.1, 0.15) is 6.42 Å². The number of fused-ring (bicyclic) bond motifs is 1. The van der Waals surface area contributed by atoms with E-state index in [0.717, 1.165) is 10.8 Å². The van der Waals surface area contributed by atoms with E-state index in [1.165, 1.54) is 0 Å². The summed E-state index contributed by atoms with van der Waals surface area (Å²) >= 11 is 0. The van der Waals surface area contributed by atoms with Crippen LogP contribution in [0.15, 0.2) is 60.0 Å². The molecule has 2 aromatic rings. The van der Waals surface area contributed by atoms with Crippen molar-refractivity contribution in [3.8, 4) is 0 Å². The molecule has 0 unspecified atom stereocenters. The number of hydrogen-bond donors (Lipinski definition) is 1. The van der Waals surface area contributed by atoms with Crippen LogP contribution in [0.5, 0.6) is 0 Å². The van der Waals surface area contributed by atoms with Crippen molar-refractivity contribution in [1.29, 1.82) is 0 Å². The van der Waals surface area contributed by atoms with Gasteiger partial charge in [0.15, 0.2) is 0 Å². The topological polar surface area (TPSA) is 46.2 Å². The average Bonchev–Trinajstić information content (AvgIpc) is 2.38.